The van der Waals surface area contributed by atoms with Gasteiger partial charge in [0.25, 0.3) is 0 Å². The number of aryl methyl sites for hydroxylation is 2. The monoisotopic (exact) mass is 440 g/mol. The highest BCUT2D eigenvalue weighted by Crippen LogP contribution is 2.11. The molecule has 1 aromatic rings. The number of aromatic nitrogens is 1. The molecule has 0 saturated carbocycles. The lowest BCUT2D eigenvalue weighted by Crippen LogP contribution is -2.44. The molecule has 22 heavy (non-hydrogen) atoms. The number of methoxy groups -OCH3 is 1. The van der Waals surface area contributed by atoms with Gasteiger partial charge in [0.2, 0.25) is 0 Å². The van der Waals surface area contributed by atoms with E-state index in [1.165, 1.54) is 5.01 Å². The molecule has 0 aliphatic carbocycles. The Morgan fingerprint density at radius 3 is 2.82 bits per heavy atom. The van der Waals surface area contributed by atoms with Gasteiger partial charge in [-0.15, -0.1) is 35.3 Å². The Kier molecular flexibility index (Phi) is 12.8. The van der Waals surface area contributed by atoms with Crippen LogP contribution in [0.5, 0.6) is 0 Å². The smallest absolute Gasteiger partial charge is 0.191 e. The van der Waals surface area contributed by atoms with Crippen molar-refractivity contribution in [1.29, 1.82) is 0 Å². The predicted octanol–water partition coefficient (Wildman–Crippen LogP) is 2.98. The molecule has 0 bridgehead atoms. The number of nitrogens with zero attached hydrogens (tertiary/aromatic N) is 2. The van der Waals surface area contributed by atoms with Crippen molar-refractivity contribution in [3.8, 4) is 0 Å². The van der Waals surface area contributed by atoms with Gasteiger partial charge >= 0.3 is 0 Å². The van der Waals surface area contributed by atoms with E-state index in [0.29, 0.717) is 6.61 Å². The van der Waals surface area contributed by atoms with Gasteiger partial charge in [0.05, 0.1) is 11.6 Å². The van der Waals surface area contributed by atoms with Crippen LogP contribution in [0.3, 0.4) is 0 Å². The summed E-state index contributed by atoms with van der Waals surface area (Å²) in [5.41, 5.74) is 1.12. The number of unbranched alkanes of at least 4 members (excludes halogenated alkanes) is 1. The first-order chi connectivity index (χ1) is 10.2. The van der Waals surface area contributed by atoms with Crippen LogP contribution >= 0.6 is 35.3 Å². The Labute approximate surface area is 155 Å². The zero-order chi connectivity index (χ0) is 15.5. The van der Waals surface area contributed by atoms with Gasteiger partial charge in [-0.25, -0.2) is 4.98 Å². The maximum Gasteiger partial charge on any atom is 0.191 e. The van der Waals surface area contributed by atoms with Crippen molar-refractivity contribution in [2.24, 2.45) is 4.99 Å². The average Bonchev–Trinajstić information content (AvgIpc) is 2.84. The van der Waals surface area contributed by atoms with Crippen molar-refractivity contribution in [3.63, 3.8) is 0 Å². The first kappa shape index (κ1) is 21.6. The Balaban J connectivity index is 0.00000441. The topological polar surface area (TPSA) is 58.5 Å². The molecule has 0 spiro atoms. The second-order valence-corrected chi connectivity index (χ2v) is 6.04. The molecule has 0 amide bonds. The van der Waals surface area contributed by atoms with Crippen LogP contribution in [0, 0.1) is 6.92 Å². The van der Waals surface area contributed by atoms with Gasteiger partial charge in [0.15, 0.2) is 5.96 Å². The van der Waals surface area contributed by atoms with E-state index in [1.807, 2.05) is 6.92 Å². The van der Waals surface area contributed by atoms with Gasteiger partial charge < -0.3 is 15.4 Å². The summed E-state index contributed by atoms with van der Waals surface area (Å²) in [6.07, 6.45) is 3.26. The molecule has 1 rings (SSSR count). The van der Waals surface area contributed by atoms with Crippen LogP contribution < -0.4 is 10.6 Å². The first-order valence-corrected chi connectivity index (χ1v) is 8.48. The lowest BCUT2D eigenvalue weighted by atomic mass is 10.2. The van der Waals surface area contributed by atoms with Crippen LogP contribution in [0.25, 0.3) is 0 Å². The number of halogens is 1. The van der Waals surface area contributed by atoms with Crippen LogP contribution in [0.2, 0.25) is 0 Å². The fourth-order valence-corrected chi connectivity index (χ4v) is 2.76. The molecular formula is C15H29IN4OS. The third kappa shape index (κ3) is 9.58. The second-order valence-electron chi connectivity index (χ2n) is 5.10. The fourth-order valence-electron chi connectivity index (χ4n) is 1.94. The Morgan fingerprint density at radius 2 is 2.23 bits per heavy atom. The number of guanidine groups is 1. The van der Waals surface area contributed by atoms with Crippen molar-refractivity contribution in [1.82, 2.24) is 15.6 Å². The van der Waals surface area contributed by atoms with Crippen LogP contribution in [0.4, 0.5) is 0 Å². The molecule has 0 aromatic carbocycles. The lowest BCUT2D eigenvalue weighted by Gasteiger charge is -2.16. The van der Waals surface area contributed by atoms with E-state index in [9.17, 15) is 0 Å². The van der Waals surface area contributed by atoms with Gasteiger partial charge in [-0.2, -0.15) is 0 Å². The van der Waals surface area contributed by atoms with Gasteiger partial charge in [-0.3, -0.25) is 4.99 Å². The van der Waals surface area contributed by atoms with Crippen molar-refractivity contribution in [3.05, 3.63) is 16.1 Å². The predicted molar refractivity (Wildman–Crippen MR) is 106 cm³/mol. The largest absolute Gasteiger partial charge is 0.383 e. The third-order valence-electron chi connectivity index (χ3n) is 2.88. The number of nitrogens with one attached hydrogen (secondary N) is 2. The summed E-state index contributed by atoms with van der Waals surface area (Å²) in [4.78, 5) is 9.07. The number of hydrogen-bond acceptors (Lipinski definition) is 4. The minimum atomic E-state index is 0. The fraction of sp³-hybridized carbons (Fsp3) is 0.733. The number of ether oxygens (including phenoxy) is 1. The highest BCUT2D eigenvalue weighted by Gasteiger charge is 2.04. The molecule has 0 fully saturated rings. The number of rotatable bonds is 9. The van der Waals surface area contributed by atoms with Crippen molar-refractivity contribution < 1.29 is 4.74 Å². The van der Waals surface area contributed by atoms with Crippen molar-refractivity contribution in [2.45, 2.75) is 46.1 Å². The molecule has 0 radical (unpaired) electrons. The first-order valence-electron chi connectivity index (χ1n) is 7.60. The zero-order valence-corrected chi connectivity index (χ0v) is 17.2. The summed E-state index contributed by atoms with van der Waals surface area (Å²) in [6.45, 7) is 8.57. The number of aliphatic imine (C=N–C) groups is 1. The molecule has 0 aliphatic heterocycles. The van der Waals surface area contributed by atoms with E-state index in [4.69, 9.17) is 4.74 Å². The van der Waals surface area contributed by atoms with Crippen molar-refractivity contribution in [2.75, 3.05) is 26.8 Å². The van der Waals surface area contributed by atoms with E-state index < -0.39 is 0 Å². The minimum absolute atomic E-state index is 0. The number of hydrogen-bond donors (Lipinski definition) is 2. The molecule has 1 aromatic heterocycles. The van der Waals surface area contributed by atoms with E-state index in [0.717, 1.165) is 44.0 Å². The molecule has 1 heterocycles. The quantitative estimate of drug-likeness (QED) is 0.268. The SMILES string of the molecule is CCNC(=NCCCCc1nc(C)cs1)NC(C)COC.I. The van der Waals surface area contributed by atoms with Crippen molar-refractivity contribution >= 4 is 41.3 Å². The van der Waals surface area contributed by atoms with E-state index in [-0.39, 0.29) is 30.0 Å². The Hall–Kier alpha value is -0.410. The number of thiazole rings is 1. The highest BCUT2D eigenvalue weighted by atomic mass is 127. The van der Waals surface area contributed by atoms with Gasteiger partial charge in [-0.1, -0.05) is 0 Å². The molecule has 1 atom stereocenters. The summed E-state index contributed by atoms with van der Waals surface area (Å²) in [5, 5.41) is 9.93. The standard InChI is InChI=1S/C15H28N4OS.HI/c1-5-16-15(19-12(2)10-20-4)17-9-7-6-8-14-18-13(3)11-21-14;/h11-12H,5-10H2,1-4H3,(H2,16,17,19);1H. The minimum Gasteiger partial charge on any atom is -0.383 e. The second kappa shape index (κ2) is 13.1. The van der Waals surface area contributed by atoms with Crippen LogP contribution in [0.1, 0.15) is 37.4 Å². The van der Waals surface area contributed by atoms with Crippen LogP contribution in [-0.4, -0.2) is 43.8 Å². The van der Waals surface area contributed by atoms with E-state index in [2.05, 4.69) is 39.8 Å². The summed E-state index contributed by atoms with van der Waals surface area (Å²) in [5.74, 6) is 0.868. The Morgan fingerprint density at radius 1 is 1.45 bits per heavy atom. The molecule has 7 heteroatoms. The summed E-state index contributed by atoms with van der Waals surface area (Å²) >= 11 is 1.75. The zero-order valence-electron chi connectivity index (χ0n) is 14.0. The maximum atomic E-state index is 5.13. The normalized spacial score (nSPS) is 12.6. The Bertz CT molecular complexity index is 425. The molecule has 5 nitrogen and oxygen atoms in total. The van der Waals surface area contributed by atoms with E-state index in [1.54, 1.807) is 18.4 Å². The van der Waals surface area contributed by atoms with Gasteiger partial charge in [0, 0.05) is 37.3 Å². The molecule has 0 saturated heterocycles. The van der Waals surface area contributed by atoms with Crippen LogP contribution in [-0.2, 0) is 11.2 Å². The maximum absolute atomic E-state index is 5.13. The lowest BCUT2D eigenvalue weighted by molar-refractivity contribution is 0.179. The third-order valence-corrected chi connectivity index (χ3v) is 3.91. The molecule has 1 unspecified atom stereocenters. The average molecular weight is 440 g/mol. The van der Waals surface area contributed by atoms with Gasteiger partial charge in [-0.05, 0) is 40.0 Å². The summed E-state index contributed by atoms with van der Waals surface area (Å²) < 4.78 is 5.13. The summed E-state index contributed by atoms with van der Waals surface area (Å²) in [6, 6.07) is 0.256. The summed E-state index contributed by atoms with van der Waals surface area (Å²) in [7, 11) is 1.71. The molecular weight excluding hydrogens is 411 g/mol. The molecule has 0 aliphatic rings. The molecule has 2 N–H and O–H groups in total. The van der Waals surface area contributed by atoms with Crippen LogP contribution in [0.15, 0.2) is 10.4 Å². The van der Waals surface area contributed by atoms with E-state index >= 15 is 0 Å². The van der Waals surface area contributed by atoms with Gasteiger partial charge in [0.1, 0.15) is 0 Å². The molecule has 128 valence electrons. The highest BCUT2D eigenvalue weighted by molar-refractivity contribution is 14.0.